The normalized spacial score (nSPS) is 13.7. The van der Waals surface area contributed by atoms with Gasteiger partial charge in [0.15, 0.2) is 0 Å². The predicted molar refractivity (Wildman–Crippen MR) is 96.4 cm³/mol. The van der Waals surface area contributed by atoms with E-state index in [1.807, 2.05) is 30.5 Å². The molecule has 1 amide bonds. The molecule has 0 spiro atoms. The van der Waals surface area contributed by atoms with E-state index in [1.54, 1.807) is 9.36 Å². The second-order valence-electron chi connectivity index (χ2n) is 5.60. The van der Waals surface area contributed by atoms with Crippen LogP contribution in [-0.2, 0) is 4.79 Å². The zero-order valence-corrected chi connectivity index (χ0v) is 15.4. The Morgan fingerprint density at radius 3 is 2.85 bits per heavy atom. The summed E-state index contributed by atoms with van der Waals surface area (Å²) in [6.45, 7) is 0. The molecular weight excluding hydrogens is 374 g/mol. The third-order valence-corrected chi connectivity index (χ3v) is 5.24. The first-order valence-corrected chi connectivity index (χ1v) is 10.1. The van der Waals surface area contributed by atoms with E-state index >= 15 is 0 Å². The van der Waals surface area contributed by atoms with Crippen LogP contribution in [0.15, 0.2) is 34.6 Å². The van der Waals surface area contributed by atoms with E-state index in [0.29, 0.717) is 22.0 Å². The molecule has 0 unspecified atom stereocenters. The van der Waals surface area contributed by atoms with Crippen LogP contribution in [0, 0.1) is 0 Å². The summed E-state index contributed by atoms with van der Waals surface area (Å²) in [7, 11) is 0. The topological polar surface area (TPSA) is 116 Å². The molecule has 1 saturated carbocycles. The molecular formula is C14H15N9OS2. The van der Waals surface area contributed by atoms with Gasteiger partial charge in [-0.2, -0.15) is 4.68 Å². The molecule has 1 N–H and O–H groups in total. The van der Waals surface area contributed by atoms with Gasteiger partial charge in [-0.3, -0.25) is 4.79 Å². The Hall–Kier alpha value is -2.47. The van der Waals surface area contributed by atoms with Crippen molar-refractivity contribution < 1.29 is 4.79 Å². The van der Waals surface area contributed by atoms with Crippen molar-refractivity contribution in [2.45, 2.75) is 29.2 Å². The Labute approximate surface area is 157 Å². The molecule has 4 rings (SSSR count). The minimum atomic E-state index is -0.126. The molecule has 10 nitrogen and oxygen atoms in total. The minimum absolute atomic E-state index is 0.126. The van der Waals surface area contributed by atoms with Gasteiger partial charge < -0.3 is 5.32 Å². The summed E-state index contributed by atoms with van der Waals surface area (Å²) in [6.07, 6.45) is 4.08. The first-order valence-electron chi connectivity index (χ1n) is 7.88. The van der Waals surface area contributed by atoms with Crippen molar-refractivity contribution in [1.82, 2.24) is 40.4 Å². The van der Waals surface area contributed by atoms with Gasteiger partial charge in [-0.05, 0) is 58.2 Å². The number of benzene rings is 1. The molecule has 0 aliphatic heterocycles. The summed E-state index contributed by atoms with van der Waals surface area (Å²) in [6, 6.07) is 7.76. The molecule has 2 aromatic heterocycles. The third-order valence-electron chi connectivity index (χ3n) is 3.69. The van der Waals surface area contributed by atoms with Crippen LogP contribution >= 0.6 is 23.5 Å². The first-order chi connectivity index (χ1) is 12.7. The van der Waals surface area contributed by atoms with Crippen LogP contribution in [0.5, 0.6) is 0 Å². The quantitative estimate of drug-likeness (QED) is 0.599. The van der Waals surface area contributed by atoms with Crippen molar-refractivity contribution in [3.63, 3.8) is 0 Å². The Balaban J connectivity index is 1.40. The van der Waals surface area contributed by atoms with Crippen molar-refractivity contribution >= 4 is 35.1 Å². The number of tetrazole rings is 2. The van der Waals surface area contributed by atoms with Crippen LogP contribution in [-0.4, -0.2) is 58.3 Å². The largest absolute Gasteiger partial charge is 0.325 e. The monoisotopic (exact) mass is 389 g/mol. The van der Waals surface area contributed by atoms with E-state index in [0.717, 1.165) is 18.5 Å². The third kappa shape index (κ3) is 3.70. The number of hydrogen-bond acceptors (Lipinski definition) is 9. The van der Waals surface area contributed by atoms with Gasteiger partial charge in [0.25, 0.3) is 0 Å². The molecule has 1 fully saturated rings. The highest BCUT2D eigenvalue weighted by Crippen LogP contribution is 2.36. The smallest absolute Gasteiger partial charge is 0.234 e. The highest BCUT2D eigenvalue weighted by atomic mass is 32.2. The van der Waals surface area contributed by atoms with Gasteiger partial charge in [0.2, 0.25) is 16.2 Å². The molecule has 3 aromatic rings. The number of thioether (sulfide) groups is 2. The van der Waals surface area contributed by atoms with Gasteiger partial charge in [-0.15, -0.1) is 10.2 Å². The molecule has 0 bridgehead atoms. The zero-order chi connectivity index (χ0) is 17.9. The van der Waals surface area contributed by atoms with Crippen molar-refractivity contribution in [2.75, 3.05) is 17.3 Å². The fraction of sp³-hybridized carbons (Fsp3) is 0.357. The number of carbonyl (C=O) groups is 1. The molecule has 0 atom stereocenters. The van der Waals surface area contributed by atoms with Gasteiger partial charge >= 0.3 is 0 Å². The SMILES string of the molecule is CSc1nnnn1-c1cccc(NC(=O)CSc2nnnn2C2CC2)c1. The highest BCUT2D eigenvalue weighted by Gasteiger charge is 2.28. The molecule has 12 heteroatoms. The Morgan fingerprint density at radius 2 is 2.04 bits per heavy atom. The van der Waals surface area contributed by atoms with E-state index in [1.165, 1.54) is 23.5 Å². The van der Waals surface area contributed by atoms with Crippen molar-refractivity contribution in [2.24, 2.45) is 0 Å². The molecule has 1 aliphatic carbocycles. The van der Waals surface area contributed by atoms with E-state index in [2.05, 4.69) is 36.4 Å². The molecule has 2 heterocycles. The Kier molecular flexibility index (Phi) is 4.84. The summed E-state index contributed by atoms with van der Waals surface area (Å²) >= 11 is 2.78. The lowest BCUT2D eigenvalue weighted by atomic mass is 10.3. The number of nitrogens with one attached hydrogen (secondary N) is 1. The van der Waals surface area contributed by atoms with Gasteiger partial charge in [-0.1, -0.05) is 29.6 Å². The Morgan fingerprint density at radius 1 is 1.23 bits per heavy atom. The van der Waals surface area contributed by atoms with Crippen molar-refractivity contribution in [1.29, 1.82) is 0 Å². The molecule has 1 aliphatic rings. The number of nitrogens with zero attached hydrogens (tertiary/aromatic N) is 8. The van der Waals surface area contributed by atoms with E-state index < -0.39 is 0 Å². The summed E-state index contributed by atoms with van der Waals surface area (Å²) in [5.41, 5.74) is 1.46. The average Bonchev–Trinajstić information content (AvgIpc) is 3.20. The van der Waals surface area contributed by atoms with Crippen LogP contribution in [0.4, 0.5) is 5.69 Å². The second-order valence-corrected chi connectivity index (χ2v) is 7.32. The molecule has 0 saturated heterocycles. The van der Waals surface area contributed by atoms with Crippen LogP contribution in [0.1, 0.15) is 18.9 Å². The number of aromatic nitrogens is 8. The number of rotatable bonds is 7. The van der Waals surface area contributed by atoms with Gasteiger partial charge in [0.1, 0.15) is 0 Å². The van der Waals surface area contributed by atoms with Gasteiger partial charge in [-0.25, -0.2) is 4.68 Å². The standard InChI is InChI=1S/C14H15N9OS2/c1-25-13-16-18-21-23(13)11-4-2-3-9(7-11)15-12(24)8-26-14-17-19-20-22(14)10-5-6-10/h2-4,7,10H,5-6,8H2,1H3,(H,15,24). The van der Waals surface area contributed by atoms with E-state index in [-0.39, 0.29) is 11.7 Å². The maximum absolute atomic E-state index is 12.3. The number of hydrogen-bond donors (Lipinski definition) is 1. The highest BCUT2D eigenvalue weighted by molar-refractivity contribution is 7.99. The first kappa shape index (κ1) is 17.0. The Bertz CT molecular complexity index is 921. The summed E-state index contributed by atoms with van der Waals surface area (Å²) in [5, 5.41) is 27.5. The van der Waals surface area contributed by atoms with Crippen LogP contribution in [0.2, 0.25) is 0 Å². The van der Waals surface area contributed by atoms with Crippen LogP contribution < -0.4 is 5.32 Å². The van der Waals surface area contributed by atoms with Gasteiger partial charge in [0.05, 0.1) is 17.5 Å². The van der Waals surface area contributed by atoms with Gasteiger partial charge in [0, 0.05) is 5.69 Å². The summed E-state index contributed by atoms with van der Waals surface area (Å²) in [4.78, 5) is 12.3. The fourth-order valence-corrected chi connectivity index (χ4v) is 3.52. The van der Waals surface area contributed by atoms with Crippen LogP contribution in [0.3, 0.4) is 0 Å². The fourth-order valence-electron chi connectivity index (χ4n) is 2.34. The van der Waals surface area contributed by atoms with E-state index in [9.17, 15) is 4.79 Å². The summed E-state index contributed by atoms with van der Waals surface area (Å²) < 4.78 is 3.42. The maximum Gasteiger partial charge on any atom is 0.234 e. The number of carbonyl (C=O) groups excluding carboxylic acids is 1. The maximum atomic E-state index is 12.3. The van der Waals surface area contributed by atoms with Crippen molar-refractivity contribution in [3.8, 4) is 5.69 Å². The minimum Gasteiger partial charge on any atom is -0.325 e. The lowest BCUT2D eigenvalue weighted by Gasteiger charge is -2.08. The molecule has 26 heavy (non-hydrogen) atoms. The zero-order valence-electron chi connectivity index (χ0n) is 13.8. The molecule has 134 valence electrons. The molecule has 1 aromatic carbocycles. The lowest BCUT2D eigenvalue weighted by Crippen LogP contribution is -2.15. The van der Waals surface area contributed by atoms with Crippen LogP contribution in [0.25, 0.3) is 5.69 Å². The summed E-state index contributed by atoms with van der Waals surface area (Å²) in [5.74, 6) is 0.109. The average molecular weight is 389 g/mol. The predicted octanol–water partition coefficient (Wildman–Crippen LogP) is 1.44. The molecule has 0 radical (unpaired) electrons. The second kappa shape index (κ2) is 7.41. The van der Waals surface area contributed by atoms with Crippen molar-refractivity contribution in [3.05, 3.63) is 24.3 Å². The lowest BCUT2D eigenvalue weighted by molar-refractivity contribution is -0.113. The number of anilines is 1. The number of amides is 1. The van der Waals surface area contributed by atoms with E-state index in [4.69, 9.17) is 0 Å².